The van der Waals surface area contributed by atoms with Crippen molar-refractivity contribution >= 4 is 11.9 Å². The molecule has 2 aromatic rings. The maximum atomic E-state index is 11.6. The summed E-state index contributed by atoms with van der Waals surface area (Å²) in [6, 6.07) is 5.88. The van der Waals surface area contributed by atoms with Gasteiger partial charge in [-0.05, 0) is 17.7 Å². The number of aromatic nitrogens is 2. The van der Waals surface area contributed by atoms with Crippen molar-refractivity contribution in [2.75, 3.05) is 18.9 Å². The predicted octanol–water partition coefficient (Wildman–Crippen LogP) is 1.47. The number of nitrogens with two attached hydrogens (primary N) is 1. The highest BCUT2D eigenvalue weighted by Gasteiger charge is 2.17. The van der Waals surface area contributed by atoms with E-state index in [0.717, 1.165) is 22.4 Å². The molecule has 1 aliphatic heterocycles. The molecule has 21 heavy (non-hydrogen) atoms. The molecule has 0 unspecified atom stereocenters. The van der Waals surface area contributed by atoms with Crippen LogP contribution in [-0.4, -0.2) is 33.9 Å². The minimum absolute atomic E-state index is 0.0488. The standard InChI is InChI=1S/C15H16N4O2/c1-10(20)19-4-5-21-14-3-2-11(6-12(14)9-19)13-7-17-15(16)18-8-13/h2-3,6-8H,4-5,9H2,1H3,(H2,16,17,18). The van der Waals surface area contributed by atoms with Crippen molar-refractivity contribution in [2.24, 2.45) is 0 Å². The molecule has 108 valence electrons. The van der Waals surface area contributed by atoms with Gasteiger partial charge in [0.1, 0.15) is 12.4 Å². The van der Waals surface area contributed by atoms with Gasteiger partial charge in [0, 0.05) is 37.0 Å². The molecular formula is C15H16N4O2. The molecule has 2 heterocycles. The van der Waals surface area contributed by atoms with Crippen LogP contribution in [0.4, 0.5) is 5.95 Å². The molecule has 2 N–H and O–H groups in total. The molecule has 0 saturated carbocycles. The summed E-state index contributed by atoms with van der Waals surface area (Å²) in [4.78, 5) is 21.4. The van der Waals surface area contributed by atoms with Gasteiger partial charge in [-0.15, -0.1) is 0 Å². The molecule has 3 rings (SSSR count). The molecule has 1 aliphatic rings. The molecule has 0 radical (unpaired) electrons. The number of ether oxygens (including phenoxy) is 1. The largest absolute Gasteiger partial charge is 0.491 e. The van der Waals surface area contributed by atoms with Crippen molar-refractivity contribution in [1.82, 2.24) is 14.9 Å². The SMILES string of the molecule is CC(=O)N1CCOc2ccc(-c3cnc(N)nc3)cc2C1. The minimum Gasteiger partial charge on any atom is -0.491 e. The molecule has 1 aromatic carbocycles. The van der Waals surface area contributed by atoms with Gasteiger partial charge in [0.2, 0.25) is 11.9 Å². The van der Waals surface area contributed by atoms with E-state index in [2.05, 4.69) is 9.97 Å². The lowest BCUT2D eigenvalue weighted by Gasteiger charge is -2.17. The third kappa shape index (κ3) is 2.79. The van der Waals surface area contributed by atoms with Gasteiger partial charge < -0.3 is 15.4 Å². The first-order chi connectivity index (χ1) is 10.1. The number of nitrogens with zero attached hydrogens (tertiary/aromatic N) is 3. The van der Waals surface area contributed by atoms with Crippen molar-refractivity contribution in [3.05, 3.63) is 36.2 Å². The van der Waals surface area contributed by atoms with Gasteiger partial charge in [-0.25, -0.2) is 9.97 Å². The monoisotopic (exact) mass is 284 g/mol. The second kappa shape index (κ2) is 5.40. The van der Waals surface area contributed by atoms with E-state index in [1.54, 1.807) is 24.2 Å². The fourth-order valence-electron chi connectivity index (χ4n) is 2.33. The van der Waals surface area contributed by atoms with Crippen LogP contribution in [0.25, 0.3) is 11.1 Å². The van der Waals surface area contributed by atoms with Crippen molar-refractivity contribution < 1.29 is 9.53 Å². The lowest BCUT2D eigenvalue weighted by atomic mass is 10.0. The Morgan fingerprint density at radius 2 is 2.05 bits per heavy atom. The number of rotatable bonds is 1. The van der Waals surface area contributed by atoms with E-state index in [0.29, 0.717) is 19.7 Å². The molecule has 0 saturated heterocycles. The van der Waals surface area contributed by atoms with Gasteiger partial charge in [0.25, 0.3) is 0 Å². The lowest BCUT2D eigenvalue weighted by molar-refractivity contribution is -0.129. The Hall–Kier alpha value is -2.63. The topological polar surface area (TPSA) is 81.3 Å². The van der Waals surface area contributed by atoms with Crippen molar-refractivity contribution in [3.63, 3.8) is 0 Å². The Bertz CT molecular complexity index is 670. The Balaban J connectivity index is 1.96. The second-order valence-electron chi connectivity index (χ2n) is 4.94. The normalized spacial score (nSPS) is 14.0. The number of benzene rings is 1. The van der Waals surface area contributed by atoms with E-state index in [1.807, 2.05) is 18.2 Å². The fraction of sp³-hybridized carbons (Fsp3) is 0.267. The molecular weight excluding hydrogens is 268 g/mol. The number of fused-ring (bicyclic) bond motifs is 1. The Kier molecular flexibility index (Phi) is 3.43. The van der Waals surface area contributed by atoms with Crippen LogP contribution >= 0.6 is 0 Å². The maximum Gasteiger partial charge on any atom is 0.219 e. The number of nitrogen functional groups attached to an aromatic ring is 1. The van der Waals surface area contributed by atoms with Crippen LogP contribution in [0.1, 0.15) is 12.5 Å². The van der Waals surface area contributed by atoms with Crippen LogP contribution in [-0.2, 0) is 11.3 Å². The second-order valence-corrected chi connectivity index (χ2v) is 4.94. The number of hydrogen-bond acceptors (Lipinski definition) is 5. The summed E-state index contributed by atoms with van der Waals surface area (Å²) in [7, 11) is 0. The minimum atomic E-state index is 0.0488. The Morgan fingerprint density at radius 1 is 1.29 bits per heavy atom. The quantitative estimate of drug-likeness (QED) is 0.857. The van der Waals surface area contributed by atoms with E-state index in [-0.39, 0.29) is 11.9 Å². The molecule has 6 nitrogen and oxygen atoms in total. The summed E-state index contributed by atoms with van der Waals surface area (Å²) in [5.74, 6) is 1.12. The maximum absolute atomic E-state index is 11.6. The lowest BCUT2D eigenvalue weighted by Crippen LogP contribution is -2.30. The average molecular weight is 284 g/mol. The number of carbonyl (C=O) groups excluding carboxylic acids is 1. The molecule has 0 spiro atoms. The molecule has 0 aliphatic carbocycles. The molecule has 0 bridgehead atoms. The Labute approximate surface area is 122 Å². The van der Waals surface area contributed by atoms with Crippen LogP contribution < -0.4 is 10.5 Å². The van der Waals surface area contributed by atoms with Crippen molar-refractivity contribution in [3.8, 4) is 16.9 Å². The van der Waals surface area contributed by atoms with Crippen molar-refractivity contribution in [2.45, 2.75) is 13.5 Å². The summed E-state index contributed by atoms with van der Waals surface area (Å²) in [6.07, 6.45) is 3.37. The van der Waals surface area contributed by atoms with Gasteiger partial charge >= 0.3 is 0 Å². The first-order valence-electron chi connectivity index (χ1n) is 6.72. The van der Waals surface area contributed by atoms with Crippen molar-refractivity contribution in [1.29, 1.82) is 0 Å². The Morgan fingerprint density at radius 3 is 2.76 bits per heavy atom. The van der Waals surface area contributed by atoms with Gasteiger partial charge in [-0.3, -0.25) is 4.79 Å². The van der Waals surface area contributed by atoms with E-state index in [1.165, 1.54) is 0 Å². The number of amides is 1. The summed E-state index contributed by atoms with van der Waals surface area (Å²) in [5, 5.41) is 0. The van der Waals surface area contributed by atoms with Crippen LogP contribution in [0.5, 0.6) is 5.75 Å². The smallest absolute Gasteiger partial charge is 0.219 e. The van der Waals surface area contributed by atoms with Crippen LogP contribution in [0.15, 0.2) is 30.6 Å². The van der Waals surface area contributed by atoms with Crippen LogP contribution in [0.3, 0.4) is 0 Å². The molecule has 1 aromatic heterocycles. The molecule has 1 amide bonds. The van der Waals surface area contributed by atoms with Gasteiger partial charge in [-0.2, -0.15) is 0 Å². The first kappa shape index (κ1) is 13.4. The van der Waals surface area contributed by atoms with Crippen LogP contribution in [0.2, 0.25) is 0 Å². The van der Waals surface area contributed by atoms with E-state index >= 15 is 0 Å². The molecule has 0 fully saturated rings. The highest BCUT2D eigenvalue weighted by molar-refractivity contribution is 5.73. The fourth-order valence-corrected chi connectivity index (χ4v) is 2.33. The van der Waals surface area contributed by atoms with E-state index in [4.69, 9.17) is 10.5 Å². The number of anilines is 1. The third-order valence-corrected chi connectivity index (χ3v) is 3.49. The zero-order valence-corrected chi connectivity index (χ0v) is 11.7. The third-order valence-electron chi connectivity index (χ3n) is 3.49. The summed E-state index contributed by atoms with van der Waals surface area (Å²) in [6.45, 7) is 3.23. The zero-order chi connectivity index (χ0) is 14.8. The summed E-state index contributed by atoms with van der Waals surface area (Å²) >= 11 is 0. The molecule has 0 atom stereocenters. The van der Waals surface area contributed by atoms with E-state index in [9.17, 15) is 4.79 Å². The van der Waals surface area contributed by atoms with Gasteiger partial charge in [0.15, 0.2) is 0 Å². The van der Waals surface area contributed by atoms with E-state index < -0.39 is 0 Å². The predicted molar refractivity (Wildman–Crippen MR) is 78.5 cm³/mol. The highest BCUT2D eigenvalue weighted by atomic mass is 16.5. The highest BCUT2D eigenvalue weighted by Crippen LogP contribution is 2.28. The zero-order valence-electron chi connectivity index (χ0n) is 11.7. The average Bonchev–Trinajstić information content (AvgIpc) is 2.69. The first-order valence-corrected chi connectivity index (χ1v) is 6.72. The van der Waals surface area contributed by atoms with Gasteiger partial charge in [-0.1, -0.05) is 6.07 Å². The summed E-state index contributed by atoms with van der Waals surface area (Å²) < 4.78 is 5.69. The summed E-state index contributed by atoms with van der Waals surface area (Å²) in [5.41, 5.74) is 8.34. The number of hydrogen-bond donors (Lipinski definition) is 1. The van der Waals surface area contributed by atoms with Gasteiger partial charge in [0.05, 0.1) is 6.54 Å². The van der Waals surface area contributed by atoms with Crippen LogP contribution in [0, 0.1) is 0 Å². The molecule has 6 heteroatoms. The number of carbonyl (C=O) groups is 1.